The molecule has 1 aliphatic rings. The molecule has 1 atom stereocenters. The second-order valence-electron chi connectivity index (χ2n) is 5.87. The first-order valence-electron chi connectivity index (χ1n) is 7.75. The fourth-order valence-electron chi connectivity index (χ4n) is 2.79. The van der Waals surface area contributed by atoms with Gasteiger partial charge in [-0.2, -0.15) is 0 Å². The van der Waals surface area contributed by atoms with Crippen LogP contribution in [0.1, 0.15) is 16.8 Å². The van der Waals surface area contributed by atoms with Crippen LogP contribution in [0.25, 0.3) is 0 Å². The minimum atomic E-state index is -1.15. The first kappa shape index (κ1) is 18.4. The first-order chi connectivity index (χ1) is 12.3. The van der Waals surface area contributed by atoms with Crippen LogP contribution in [0.3, 0.4) is 0 Å². The summed E-state index contributed by atoms with van der Waals surface area (Å²) in [5.74, 6) is -2.27. The number of carbonyl (C=O) groups excluding carboxylic acids is 2. The third kappa shape index (κ3) is 3.89. The van der Waals surface area contributed by atoms with Crippen LogP contribution in [0.5, 0.6) is 0 Å². The number of anilines is 2. The number of carbonyl (C=O) groups is 3. The number of benzene rings is 2. The Hall–Kier alpha value is -2.38. The van der Waals surface area contributed by atoms with E-state index in [1.54, 1.807) is 30.3 Å². The largest absolute Gasteiger partial charge is 0.478 e. The molecule has 0 saturated carbocycles. The van der Waals surface area contributed by atoms with Gasteiger partial charge in [0.25, 0.3) is 0 Å². The number of carboxylic acid groups (broad SMARTS) is 1. The van der Waals surface area contributed by atoms with Crippen molar-refractivity contribution in [2.75, 3.05) is 16.8 Å². The molecule has 2 amide bonds. The molecule has 0 aliphatic carbocycles. The quantitative estimate of drug-likeness (QED) is 0.762. The zero-order chi connectivity index (χ0) is 18.8. The van der Waals surface area contributed by atoms with E-state index in [0.29, 0.717) is 15.2 Å². The molecular formula is C18H14BrClN2O4. The Morgan fingerprint density at radius 1 is 1.19 bits per heavy atom. The van der Waals surface area contributed by atoms with Gasteiger partial charge >= 0.3 is 5.97 Å². The van der Waals surface area contributed by atoms with E-state index < -0.39 is 11.9 Å². The predicted octanol–water partition coefficient (Wildman–Crippen LogP) is 3.79. The number of carboxylic acids is 1. The van der Waals surface area contributed by atoms with Crippen LogP contribution >= 0.6 is 27.5 Å². The van der Waals surface area contributed by atoms with Crippen molar-refractivity contribution >= 4 is 56.7 Å². The van der Waals surface area contributed by atoms with Crippen molar-refractivity contribution in [1.82, 2.24) is 0 Å². The number of halogens is 2. The minimum absolute atomic E-state index is 0.0217. The lowest BCUT2D eigenvalue weighted by atomic mass is 10.1. The third-order valence-electron chi connectivity index (χ3n) is 4.10. The number of hydrogen-bond donors (Lipinski definition) is 2. The lowest BCUT2D eigenvalue weighted by molar-refractivity contribution is -0.122. The molecule has 0 aromatic heterocycles. The van der Waals surface area contributed by atoms with Crippen molar-refractivity contribution in [3.05, 3.63) is 57.5 Å². The minimum Gasteiger partial charge on any atom is -0.478 e. The van der Waals surface area contributed by atoms with Gasteiger partial charge < -0.3 is 15.3 Å². The summed E-state index contributed by atoms with van der Waals surface area (Å²) >= 11 is 9.06. The number of aromatic carboxylic acids is 1. The van der Waals surface area contributed by atoms with Gasteiger partial charge in [-0.05, 0) is 42.5 Å². The molecule has 0 bridgehead atoms. The van der Waals surface area contributed by atoms with Crippen LogP contribution < -0.4 is 10.2 Å². The molecule has 2 aromatic rings. The molecule has 6 nitrogen and oxygen atoms in total. The van der Waals surface area contributed by atoms with Gasteiger partial charge in [-0.3, -0.25) is 9.59 Å². The molecule has 0 spiro atoms. The fraction of sp³-hybridized carbons (Fsp3) is 0.167. The zero-order valence-corrected chi connectivity index (χ0v) is 15.8. The van der Waals surface area contributed by atoms with Gasteiger partial charge in [0.2, 0.25) is 11.8 Å². The van der Waals surface area contributed by atoms with Gasteiger partial charge in [0.1, 0.15) is 0 Å². The maximum absolute atomic E-state index is 12.5. The van der Waals surface area contributed by atoms with Crippen LogP contribution in [-0.4, -0.2) is 29.4 Å². The van der Waals surface area contributed by atoms with E-state index in [-0.39, 0.29) is 36.0 Å². The molecular weight excluding hydrogens is 424 g/mol. The highest BCUT2D eigenvalue weighted by atomic mass is 79.9. The van der Waals surface area contributed by atoms with E-state index in [1.165, 1.54) is 17.0 Å². The smallest absolute Gasteiger partial charge is 0.337 e. The van der Waals surface area contributed by atoms with E-state index in [4.69, 9.17) is 11.6 Å². The van der Waals surface area contributed by atoms with E-state index in [2.05, 4.69) is 21.2 Å². The van der Waals surface area contributed by atoms with Crippen molar-refractivity contribution in [2.45, 2.75) is 6.42 Å². The monoisotopic (exact) mass is 436 g/mol. The maximum atomic E-state index is 12.5. The number of amides is 2. The van der Waals surface area contributed by atoms with Crippen LogP contribution in [-0.2, 0) is 9.59 Å². The van der Waals surface area contributed by atoms with Crippen molar-refractivity contribution in [2.24, 2.45) is 5.92 Å². The van der Waals surface area contributed by atoms with E-state index in [9.17, 15) is 19.5 Å². The van der Waals surface area contributed by atoms with Crippen molar-refractivity contribution in [3.8, 4) is 0 Å². The summed E-state index contributed by atoms with van der Waals surface area (Å²) < 4.78 is 0.595. The maximum Gasteiger partial charge on any atom is 0.337 e. The van der Waals surface area contributed by atoms with Crippen molar-refractivity contribution < 1.29 is 19.5 Å². The summed E-state index contributed by atoms with van der Waals surface area (Å²) in [6.07, 6.45) is 0.0629. The summed E-state index contributed by atoms with van der Waals surface area (Å²) in [5, 5.41) is 12.5. The summed E-state index contributed by atoms with van der Waals surface area (Å²) in [5.41, 5.74) is 0.847. The lowest BCUT2D eigenvalue weighted by Gasteiger charge is -2.17. The Morgan fingerprint density at radius 2 is 1.88 bits per heavy atom. The van der Waals surface area contributed by atoms with Crippen LogP contribution in [0.15, 0.2) is 46.9 Å². The highest BCUT2D eigenvalue weighted by molar-refractivity contribution is 9.10. The number of nitrogens with one attached hydrogen (secondary N) is 1. The summed E-state index contributed by atoms with van der Waals surface area (Å²) in [4.78, 5) is 37.7. The Bertz CT molecular complexity index is 885. The highest BCUT2D eigenvalue weighted by Crippen LogP contribution is 2.28. The Morgan fingerprint density at radius 3 is 2.54 bits per heavy atom. The van der Waals surface area contributed by atoms with Gasteiger partial charge in [0.15, 0.2) is 0 Å². The first-order valence-corrected chi connectivity index (χ1v) is 8.92. The number of rotatable bonds is 4. The standard InChI is InChI=1S/C18H14BrClN2O4/c19-11-1-6-15(14(8-11)18(25)26)21-17(24)10-7-16(23)22(9-10)13-4-2-12(20)3-5-13/h1-6,8,10H,7,9H2,(H,21,24)(H,25,26). The topological polar surface area (TPSA) is 86.7 Å². The lowest BCUT2D eigenvalue weighted by Crippen LogP contribution is -2.28. The molecule has 2 N–H and O–H groups in total. The zero-order valence-electron chi connectivity index (χ0n) is 13.4. The second-order valence-corrected chi connectivity index (χ2v) is 7.22. The molecule has 26 heavy (non-hydrogen) atoms. The summed E-state index contributed by atoms with van der Waals surface area (Å²) in [6.45, 7) is 0.227. The molecule has 2 aromatic carbocycles. The normalized spacial score (nSPS) is 16.6. The van der Waals surface area contributed by atoms with Crippen LogP contribution in [0.2, 0.25) is 5.02 Å². The van der Waals surface area contributed by atoms with Gasteiger partial charge in [-0.25, -0.2) is 4.79 Å². The summed E-state index contributed by atoms with van der Waals surface area (Å²) in [7, 11) is 0. The highest BCUT2D eigenvalue weighted by Gasteiger charge is 2.35. The fourth-order valence-corrected chi connectivity index (χ4v) is 3.28. The van der Waals surface area contributed by atoms with Crippen LogP contribution in [0, 0.1) is 5.92 Å². The molecule has 1 fully saturated rings. The molecule has 1 unspecified atom stereocenters. The Labute approximate surface area is 162 Å². The SMILES string of the molecule is O=C(O)c1cc(Br)ccc1NC(=O)C1CC(=O)N(c2ccc(Cl)cc2)C1. The van der Waals surface area contributed by atoms with Gasteiger partial charge in [0.05, 0.1) is 17.2 Å². The van der Waals surface area contributed by atoms with Gasteiger partial charge in [-0.1, -0.05) is 27.5 Å². The molecule has 0 radical (unpaired) electrons. The molecule has 1 saturated heterocycles. The van der Waals surface area contributed by atoms with E-state index >= 15 is 0 Å². The molecule has 3 rings (SSSR count). The number of nitrogens with zero attached hydrogens (tertiary/aromatic N) is 1. The molecule has 134 valence electrons. The number of hydrogen-bond acceptors (Lipinski definition) is 3. The average Bonchev–Trinajstić information content (AvgIpc) is 2.99. The predicted molar refractivity (Wildman–Crippen MR) is 102 cm³/mol. The van der Waals surface area contributed by atoms with Gasteiger partial charge in [0, 0.05) is 28.1 Å². The Balaban J connectivity index is 1.75. The van der Waals surface area contributed by atoms with Crippen LogP contribution in [0.4, 0.5) is 11.4 Å². The second kappa shape index (κ2) is 7.47. The summed E-state index contributed by atoms with van der Waals surface area (Å²) in [6, 6.07) is 11.4. The van der Waals surface area contributed by atoms with E-state index in [0.717, 1.165) is 0 Å². The van der Waals surface area contributed by atoms with Gasteiger partial charge in [-0.15, -0.1) is 0 Å². The average molecular weight is 438 g/mol. The molecule has 1 heterocycles. The molecule has 8 heteroatoms. The van der Waals surface area contributed by atoms with Crippen molar-refractivity contribution in [3.63, 3.8) is 0 Å². The third-order valence-corrected chi connectivity index (χ3v) is 4.85. The molecule has 1 aliphatic heterocycles. The Kier molecular flexibility index (Phi) is 5.29. The van der Waals surface area contributed by atoms with E-state index in [1.807, 2.05) is 0 Å². The van der Waals surface area contributed by atoms with Crippen molar-refractivity contribution in [1.29, 1.82) is 0 Å².